The second-order valence-electron chi connectivity index (χ2n) is 6.21. The van der Waals surface area contributed by atoms with Crippen molar-refractivity contribution in [1.82, 2.24) is 4.90 Å². The summed E-state index contributed by atoms with van der Waals surface area (Å²) >= 11 is 5.83. The number of rotatable bonds is 4. The molecule has 0 aromatic heterocycles. The Balaban J connectivity index is 1.75. The maximum atomic E-state index is 13.8. The molecular formula is C20H17ClFNO5. The Morgan fingerprint density at radius 2 is 1.86 bits per heavy atom. The monoisotopic (exact) mass is 405 g/mol. The first kappa shape index (κ1) is 19.8. The molecule has 2 aromatic rings. The summed E-state index contributed by atoms with van der Waals surface area (Å²) in [5, 5.41) is -0.114. The van der Waals surface area contributed by atoms with Crippen molar-refractivity contribution in [3.63, 3.8) is 0 Å². The highest BCUT2D eigenvalue weighted by Gasteiger charge is 2.35. The van der Waals surface area contributed by atoms with Crippen LogP contribution < -0.4 is 0 Å². The van der Waals surface area contributed by atoms with Crippen LogP contribution in [0.4, 0.5) is 4.39 Å². The van der Waals surface area contributed by atoms with Gasteiger partial charge in [0.1, 0.15) is 17.4 Å². The van der Waals surface area contributed by atoms with Gasteiger partial charge in [-0.3, -0.25) is 4.79 Å². The van der Waals surface area contributed by atoms with Crippen LogP contribution in [-0.4, -0.2) is 42.5 Å². The van der Waals surface area contributed by atoms with Gasteiger partial charge in [0.15, 0.2) is 6.61 Å². The number of esters is 2. The van der Waals surface area contributed by atoms with Crippen LogP contribution in [0.3, 0.4) is 0 Å². The smallest absolute Gasteiger partial charge is 0.343 e. The van der Waals surface area contributed by atoms with Crippen LogP contribution >= 0.6 is 11.6 Å². The first-order chi connectivity index (χ1) is 13.4. The minimum absolute atomic E-state index is 0.114. The van der Waals surface area contributed by atoms with Gasteiger partial charge >= 0.3 is 11.9 Å². The third-order valence-electron chi connectivity index (χ3n) is 4.54. The Kier molecular flexibility index (Phi) is 5.94. The molecule has 28 heavy (non-hydrogen) atoms. The second kappa shape index (κ2) is 8.39. The van der Waals surface area contributed by atoms with Gasteiger partial charge in [0.05, 0.1) is 12.1 Å². The number of ether oxygens (including phenoxy) is 2. The number of halogens is 2. The van der Waals surface area contributed by atoms with Gasteiger partial charge in [0.25, 0.3) is 5.91 Å². The zero-order chi connectivity index (χ0) is 20.3. The summed E-state index contributed by atoms with van der Waals surface area (Å²) in [7, 11) is 1.24. The fraction of sp³-hybridized carbons (Fsp3) is 0.250. The highest BCUT2D eigenvalue weighted by Crippen LogP contribution is 2.25. The molecule has 1 amide bonds. The van der Waals surface area contributed by atoms with Gasteiger partial charge < -0.3 is 14.4 Å². The molecule has 0 spiro atoms. The van der Waals surface area contributed by atoms with Gasteiger partial charge in [-0.05, 0) is 23.3 Å². The molecule has 0 N–H and O–H groups in total. The summed E-state index contributed by atoms with van der Waals surface area (Å²) in [6.45, 7) is -0.480. The summed E-state index contributed by atoms with van der Waals surface area (Å²) < 4.78 is 23.6. The predicted molar refractivity (Wildman–Crippen MR) is 98.2 cm³/mol. The molecule has 146 valence electrons. The minimum Gasteiger partial charge on any atom is -0.467 e. The number of fused-ring (bicyclic) bond motifs is 1. The quantitative estimate of drug-likeness (QED) is 0.731. The molecule has 8 heteroatoms. The molecule has 0 saturated heterocycles. The lowest BCUT2D eigenvalue weighted by Crippen LogP contribution is -2.50. The summed E-state index contributed by atoms with van der Waals surface area (Å²) in [4.78, 5) is 38.2. The van der Waals surface area contributed by atoms with E-state index < -0.39 is 41.9 Å². The van der Waals surface area contributed by atoms with Gasteiger partial charge in [-0.15, -0.1) is 0 Å². The molecule has 0 unspecified atom stereocenters. The van der Waals surface area contributed by atoms with Crippen molar-refractivity contribution in [2.75, 3.05) is 13.7 Å². The van der Waals surface area contributed by atoms with Crippen molar-refractivity contribution in [1.29, 1.82) is 0 Å². The van der Waals surface area contributed by atoms with Gasteiger partial charge in [0.2, 0.25) is 0 Å². The van der Waals surface area contributed by atoms with Crippen molar-refractivity contribution in [3.05, 3.63) is 70.0 Å². The average molecular weight is 406 g/mol. The standard InChI is InChI=1S/C20H17ClFNO5/c1-27-19(25)16-9-12-5-2-3-6-13(12)10-23(16)17(24)11-28-20(26)18-14(21)7-4-8-15(18)22/h2-8,16H,9-11H2,1H3/t16-/m0/s1. The Hall–Kier alpha value is -2.93. The topological polar surface area (TPSA) is 72.9 Å². The Labute approximate surface area is 165 Å². The summed E-state index contributed by atoms with van der Waals surface area (Å²) in [5.74, 6) is -3.05. The molecule has 1 aliphatic rings. The van der Waals surface area contributed by atoms with Crippen molar-refractivity contribution < 1.29 is 28.2 Å². The normalized spacial score (nSPS) is 15.5. The van der Waals surface area contributed by atoms with Gasteiger partial charge in [-0.1, -0.05) is 41.9 Å². The number of benzene rings is 2. The van der Waals surface area contributed by atoms with Crippen LogP contribution in [0.2, 0.25) is 5.02 Å². The number of amides is 1. The Morgan fingerprint density at radius 1 is 1.14 bits per heavy atom. The largest absolute Gasteiger partial charge is 0.467 e. The van der Waals surface area contributed by atoms with E-state index in [4.69, 9.17) is 21.1 Å². The predicted octanol–water partition coefficient (Wildman–Crippen LogP) is 2.76. The van der Waals surface area contributed by atoms with E-state index >= 15 is 0 Å². The second-order valence-corrected chi connectivity index (χ2v) is 6.61. The summed E-state index contributed by atoms with van der Waals surface area (Å²) in [6, 6.07) is 10.4. The van der Waals surface area contributed by atoms with Crippen LogP contribution in [0.15, 0.2) is 42.5 Å². The van der Waals surface area contributed by atoms with Crippen LogP contribution in [0, 0.1) is 5.82 Å². The van der Waals surface area contributed by atoms with Crippen LogP contribution in [0.5, 0.6) is 0 Å². The molecular weight excluding hydrogens is 389 g/mol. The molecule has 3 rings (SSSR count). The van der Waals surface area contributed by atoms with Gasteiger partial charge in [0, 0.05) is 13.0 Å². The number of nitrogens with zero attached hydrogens (tertiary/aromatic N) is 1. The highest BCUT2D eigenvalue weighted by molar-refractivity contribution is 6.33. The van der Waals surface area contributed by atoms with E-state index in [2.05, 4.69) is 0 Å². The molecule has 6 nitrogen and oxygen atoms in total. The lowest BCUT2D eigenvalue weighted by atomic mass is 9.94. The molecule has 1 aliphatic heterocycles. The summed E-state index contributed by atoms with van der Waals surface area (Å²) in [5.41, 5.74) is 1.39. The van der Waals surface area contributed by atoms with Crippen molar-refractivity contribution in [2.45, 2.75) is 19.0 Å². The van der Waals surface area contributed by atoms with E-state index in [9.17, 15) is 18.8 Å². The Bertz CT molecular complexity index is 912. The maximum Gasteiger partial charge on any atom is 0.343 e. The molecule has 0 aliphatic carbocycles. The van der Waals surface area contributed by atoms with Crippen LogP contribution in [0.25, 0.3) is 0 Å². The first-order valence-corrected chi connectivity index (χ1v) is 8.85. The van der Waals surface area contributed by atoms with E-state index in [1.807, 2.05) is 24.3 Å². The van der Waals surface area contributed by atoms with E-state index in [0.717, 1.165) is 17.2 Å². The molecule has 0 saturated carbocycles. The number of methoxy groups -OCH3 is 1. The number of carbonyl (C=O) groups excluding carboxylic acids is 3. The van der Waals surface area contributed by atoms with Gasteiger partial charge in [-0.25, -0.2) is 14.0 Å². The van der Waals surface area contributed by atoms with Crippen molar-refractivity contribution in [3.8, 4) is 0 Å². The van der Waals surface area contributed by atoms with Gasteiger partial charge in [-0.2, -0.15) is 0 Å². The van der Waals surface area contributed by atoms with E-state index in [1.165, 1.54) is 24.1 Å². The maximum absolute atomic E-state index is 13.8. The van der Waals surface area contributed by atoms with Crippen LogP contribution in [0.1, 0.15) is 21.5 Å². The number of hydrogen-bond acceptors (Lipinski definition) is 5. The molecule has 0 bridgehead atoms. The lowest BCUT2D eigenvalue weighted by Gasteiger charge is -2.35. The minimum atomic E-state index is -1.05. The third-order valence-corrected chi connectivity index (χ3v) is 4.85. The molecule has 0 fully saturated rings. The molecule has 1 heterocycles. The van der Waals surface area contributed by atoms with Crippen molar-refractivity contribution in [2.24, 2.45) is 0 Å². The highest BCUT2D eigenvalue weighted by atomic mass is 35.5. The number of hydrogen-bond donors (Lipinski definition) is 0. The molecule has 2 aromatic carbocycles. The zero-order valence-electron chi connectivity index (χ0n) is 15.0. The average Bonchev–Trinajstić information content (AvgIpc) is 2.70. The first-order valence-electron chi connectivity index (χ1n) is 8.47. The number of carbonyl (C=O) groups is 3. The summed E-state index contributed by atoms with van der Waals surface area (Å²) in [6.07, 6.45) is 0.293. The zero-order valence-corrected chi connectivity index (χ0v) is 15.7. The lowest BCUT2D eigenvalue weighted by molar-refractivity contribution is -0.155. The third kappa shape index (κ3) is 3.99. The van der Waals surface area contributed by atoms with E-state index in [0.29, 0.717) is 6.42 Å². The molecule has 0 radical (unpaired) electrons. The molecule has 1 atom stereocenters. The fourth-order valence-corrected chi connectivity index (χ4v) is 3.35. The SMILES string of the molecule is COC(=O)[C@@H]1Cc2ccccc2CN1C(=O)COC(=O)c1c(F)cccc1Cl. The van der Waals surface area contributed by atoms with E-state index in [-0.39, 0.29) is 11.6 Å². The van der Waals surface area contributed by atoms with E-state index in [1.54, 1.807) is 0 Å². The fourth-order valence-electron chi connectivity index (χ4n) is 3.11. The Morgan fingerprint density at radius 3 is 2.54 bits per heavy atom. The van der Waals surface area contributed by atoms with Crippen LogP contribution in [-0.2, 0) is 32.0 Å². The van der Waals surface area contributed by atoms with Crippen molar-refractivity contribution >= 4 is 29.4 Å².